The summed E-state index contributed by atoms with van der Waals surface area (Å²) < 4.78 is 0. The maximum Gasteiger partial charge on any atom is 0.240 e. The third kappa shape index (κ3) is 2.25. The minimum atomic E-state index is -0.340. The molecule has 1 atom stereocenters. The predicted octanol–water partition coefficient (Wildman–Crippen LogP) is -0.0659. The van der Waals surface area contributed by atoms with Crippen LogP contribution in [0.25, 0.3) is 0 Å². The van der Waals surface area contributed by atoms with Crippen LogP contribution < -0.4 is 11.1 Å². The van der Waals surface area contributed by atoms with Gasteiger partial charge in [-0.05, 0) is 20.3 Å². The second-order valence-corrected chi connectivity index (χ2v) is 4.49. The summed E-state index contributed by atoms with van der Waals surface area (Å²) in [5.74, 6) is 0.0824. The first-order valence-electron chi connectivity index (χ1n) is 5.27. The van der Waals surface area contributed by atoms with Gasteiger partial charge in [0.05, 0.1) is 6.04 Å². The molecule has 0 aliphatic carbocycles. The van der Waals surface area contributed by atoms with E-state index in [1.807, 2.05) is 11.8 Å². The van der Waals surface area contributed by atoms with Crippen LogP contribution in [-0.2, 0) is 4.79 Å². The van der Waals surface area contributed by atoms with Crippen molar-refractivity contribution >= 4 is 5.91 Å². The van der Waals surface area contributed by atoms with E-state index >= 15 is 0 Å². The van der Waals surface area contributed by atoms with E-state index in [1.165, 1.54) is 0 Å². The average Bonchev–Trinajstić information content (AvgIpc) is 2.15. The van der Waals surface area contributed by atoms with Gasteiger partial charge in [-0.15, -0.1) is 0 Å². The van der Waals surface area contributed by atoms with E-state index in [2.05, 4.69) is 19.2 Å². The van der Waals surface area contributed by atoms with Crippen LogP contribution in [0.3, 0.4) is 0 Å². The minimum absolute atomic E-state index is 0.0824. The van der Waals surface area contributed by atoms with Crippen molar-refractivity contribution in [1.82, 2.24) is 10.2 Å². The molecule has 0 aromatic heterocycles. The van der Waals surface area contributed by atoms with Crippen molar-refractivity contribution in [2.45, 2.75) is 38.8 Å². The normalized spacial score (nSPS) is 23.3. The molecule has 4 heteroatoms. The number of amides is 1. The fraction of sp³-hybridized carbons (Fsp3) is 0.900. The Bertz CT molecular complexity index is 215. The van der Waals surface area contributed by atoms with Gasteiger partial charge in [-0.3, -0.25) is 4.79 Å². The lowest BCUT2D eigenvalue weighted by Gasteiger charge is -2.43. The molecule has 1 heterocycles. The Hall–Kier alpha value is -0.610. The quantitative estimate of drug-likeness (QED) is 0.655. The number of nitrogens with two attached hydrogens (primary N) is 1. The molecule has 0 unspecified atom stereocenters. The van der Waals surface area contributed by atoms with Crippen LogP contribution in [0.2, 0.25) is 0 Å². The summed E-state index contributed by atoms with van der Waals surface area (Å²) in [7, 11) is 0. The number of carbonyl (C=O) groups excluding carboxylic acids is 1. The molecule has 0 bridgehead atoms. The third-order valence-corrected chi connectivity index (χ3v) is 2.82. The zero-order chi connectivity index (χ0) is 10.8. The summed E-state index contributed by atoms with van der Waals surface area (Å²) in [6.45, 7) is 8.55. The lowest BCUT2D eigenvalue weighted by molar-refractivity contribution is -0.139. The molecule has 0 spiro atoms. The molecule has 1 fully saturated rings. The summed E-state index contributed by atoms with van der Waals surface area (Å²) in [4.78, 5) is 13.8. The largest absolute Gasteiger partial charge is 0.334 e. The molecule has 0 aromatic rings. The average molecular weight is 199 g/mol. The lowest BCUT2D eigenvalue weighted by Crippen LogP contribution is -2.62. The topological polar surface area (TPSA) is 58.4 Å². The molecule has 1 aliphatic heterocycles. The lowest BCUT2D eigenvalue weighted by atomic mass is 9.98. The standard InChI is InChI=1S/C10H21N3O/c1-4-8(11)9(14)13-6-5-12-7-10(13,2)3/h8,12H,4-7,11H2,1-3H3/t8-/m1/s1. The predicted molar refractivity (Wildman–Crippen MR) is 56.9 cm³/mol. The number of piperazine rings is 1. The van der Waals surface area contributed by atoms with E-state index in [4.69, 9.17) is 5.73 Å². The van der Waals surface area contributed by atoms with Crippen molar-refractivity contribution in [3.63, 3.8) is 0 Å². The van der Waals surface area contributed by atoms with Crippen LogP contribution in [0, 0.1) is 0 Å². The summed E-state index contributed by atoms with van der Waals surface area (Å²) >= 11 is 0. The maximum atomic E-state index is 11.9. The monoisotopic (exact) mass is 199 g/mol. The highest BCUT2D eigenvalue weighted by atomic mass is 16.2. The molecule has 0 radical (unpaired) electrons. The Morgan fingerprint density at radius 2 is 2.29 bits per heavy atom. The van der Waals surface area contributed by atoms with Crippen LogP contribution >= 0.6 is 0 Å². The number of carbonyl (C=O) groups is 1. The first-order valence-corrected chi connectivity index (χ1v) is 5.27. The molecule has 82 valence electrons. The second-order valence-electron chi connectivity index (χ2n) is 4.49. The number of nitrogens with zero attached hydrogens (tertiary/aromatic N) is 1. The fourth-order valence-corrected chi connectivity index (χ4v) is 1.77. The smallest absolute Gasteiger partial charge is 0.240 e. The van der Waals surface area contributed by atoms with Crippen LogP contribution in [-0.4, -0.2) is 42.0 Å². The van der Waals surface area contributed by atoms with Crippen molar-refractivity contribution in [2.75, 3.05) is 19.6 Å². The zero-order valence-corrected chi connectivity index (χ0v) is 9.34. The molecule has 1 saturated heterocycles. The van der Waals surface area contributed by atoms with Crippen LogP contribution in [0.4, 0.5) is 0 Å². The van der Waals surface area contributed by atoms with Gasteiger partial charge in [0.1, 0.15) is 0 Å². The molecule has 4 nitrogen and oxygen atoms in total. The number of hydrogen-bond acceptors (Lipinski definition) is 3. The van der Waals surface area contributed by atoms with Gasteiger partial charge in [-0.25, -0.2) is 0 Å². The molecule has 14 heavy (non-hydrogen) atoms. The summed E-state index contributed by atoms with van der Waals surface area (Å²) in [6.07, 6.45) is 0.707. The van der Waals surface area contributed by atoms with Gasteiger partial charge in [0.25, 0.3) is 0 Å². The Labute approximate surface area is 85.8 Å². The number of hydrogen-bond donors (Lipinski definition) is 2. The van der Waals surface area contributed by atoms with E-state index in [9.17, 15) is 4.79 Å². The number of rotatable bonds is 2. The van der Waals surface area contributed by atoms with Crippen molar-refractivity contribution in [2.24, 2.45) is 5.73 Å². The SMILES string of the molecule is CC[C@@H](N)C(=O)N1CCNCC1(C)C. The minimum Gasteiger partial charge on any atom is -0.334 e. The highest BCUT2D eigenvalue weighted by Crippen LogP contribution is 2.17. The molecule has 1 rings (SSSR count). The Kier molecular flexibility index (Phi) is 3.50. The van der Waals surface area contributed by atoms with E-state index in [-0.39, 0.29) is 17.5 Å². The Morgan fingerprint density at radius 3 is 2.79 bits per heavy atom. The molecular formula is C10H21N3O. The van der Waals surface area contributed by atoms with Gasteiger partial charge in [0.15, 0.2) is 0 Å². The van der Waals surface area contributed by atoms with Gasteiger partial charge >= 0.3 is 0 Å². The highest BCUT2D eigenvalue weighted by molar-refractivity contribution is 5.82. The van der Waals surface area contributed by atoms with Gasteiger partial charge in [0, 0.05) is 25.2 Å². The summed E-state index contributed by atoms with van der Waals surface area (Å²) in [6, 6.07) is -0.340. The Morgan fingerprint density at radius 1 is 1.64 bits per heavy atom. The summed E-state index contributed by atoms with van der Waals surface area (Å²) in [5, 5.41) is 3.28. The van der Waals surface area contributed by atoms with E-state index in [1.54, 1.807) is 0 Å². The van der Waals surface area contributed by atoms with Gasteiger partial charge in [-0.1, -0.05) is 6.92 Å². The van der Waals surface area contributed by atoms with Crippen molar-refractivity contribution in [3.8, 4) is 0 Å². The van der Waals surface area contributed by atoms with Crippen molar-refractivity contribution in [3.05, 3.63) is 0 Å². The molecule has 0 aromatic carbocycles. The molecule has 3 N–H and O–H groups in total. The maximum absolute atomic E-state index is 11.9. The number of nitrogens with one attached hydrogen (secondary N) is 1. The van der Waals surface area contributed by atoms with Gasteiger partial charge in [-0.2, -0.15) is 0 Å². The molecule has 1 amide bonds. The molecule has 0 saturated carbocycles. The van der Waals surface area contributed by atoms with Gasteiger partial charge < -0.3 is 16.0 Å². The first kappa shape index (κ1) is 11.5. The van der Waals surface area contributed by atoms with Crippen LogP contribution in [0.5, 0.6) is 0 Å². The van der Waals surface area contributed by atoms with E-state index < -0.39 is 0 Å². The van der Waals surface area contributed by atoms with Crippen molar-refractivity contribution < 1.29 is 4.79 Å². The molecular weight excluding hydrogens is 178 g/mol. The van der Waals surface area contributed by atoms with E-state index in [0.717, 1.165) is 19.6 Å². The fourth-order valence-electron chi connectivity index (χ4n) is 1.77. The highest BCUT2D eigenvalue weighted by Gasteiger charge is 2.34. The molecule has 1 aliphatic rings. The van der Waals surface area contributed by atoms with Crippen LogP contribution in [0.15, 0.2) is 0 Å². The summed E-state index contributed by atoms with van der Waals surface area (Å²) in [5.41, 5.74) is 5.65. The van der Waals surface area contributed by atoms with Crippen LogP contribution in [0.1, 0.15) is 27.2 Å². The zero-order valence-electron chi connectivity index (χ0n) is 9.34. The third-order valence-electron chi connectivity index (χ3n) is 2.82. The van der Waals surface area contributed by atoms with E-state index in [0.29, 0.717) is 6.42 Å². The second kappa shape index (κ2) is 4.28. The van der Waals surface area contributed by atoms with Gasteiger partial charge in [0.2, 0.25) is 5.91 Å². The Balaban J connectivity index is 2.69. The first-order chi connectivity index (χ1) is 6.49. The van der Waals surface area contributed by atoms with Crippen molar-refractivity contribution in [1.29, 1.82) is 0 Å².